The first-order valence-corrected chi connectivity index (χ1v) is 10.1. The van der Waals surface area contributed by atoms with Crippen LogP contribution >= 0.6 is 0 Å². The van der Waals surface area contributed by atoms with Crippen LogP contribution in [0, 0.1) is 0 Å². The Balaban J connectivity index is 1.37. The summed E-state index contributed by atoms with van der Waals surface area (Å²) in [7, 11) is 1.72. The molecule has 0 aromatic heterocycles. The minimum atomic E-state index is 0.633. The first-order valence-electron chi connectivity index (χ1n) is 10.1. The van der Waals surface area contributed by atoms with E-state index < -0.39 is 0 Å². The molecule has 144 valence electrons. The molecule has 3 rings (SSSR count). The first kappa shape index (κ1) is 19.7. The highest BCUT2D eigenvalue weighted by Gasteiger charge is 2.20. The van der Waals surface area contributed by atoms with Crippen LogP contribution in [0.1, 0.15) is 24.5 Å². The minimum Gasteiger partial charge on any atom is -0.497 e. The summed E-state index contributed by atoms with van der Waals surface area (Å²) in [6.07, 6.45) is 6.85. The van der Waals surface area contributed by atoms with Gasteiger partial charge in [-0.15, -0.1) is 0 Å². The summed E-state index contributed by atoms with van der Waals surface area (Å²) in [6.45, 7) is 8.07. The van der Waals surface area contributed by atoms with Gasteiger partial charge in [-0.25, -0.2) is 0 Å². The Bertz CT molecular complexity index is 688. The third kappa shape index (κ3) is 6.23. The lowest BCUT2D eigenvalue weighted by Crippen LogP contribution is -2.49. The molecule has 0 spiro atoms. The number of methoxy groups -OCH3 is 1. The Morgan fingerprint density at radius 2 is 1.67 bits per heavy atom. The van der Waals surface area contributed by atoms with Gasteiger partial charge in [0.1, 0.15) is 5.75 Å². The fourth-order valence-corrected chi connectivity index (χ4v) is 3.64. The van der Waals surface area contributed by atoms with Crippen molar-refractivity contribution in [2.45, 2.75) is 25.8 Å². The largest absolute Gasteiger partial charge is 0.497 e. The molecule has 3 heteroatoms. The van der Waals surface area contributed by atoms with Crippen LogP contribution in [0.15, 0.2) is 60.7 Å². The number of piperazine rings is 1. The van der Waals surface area contributed by atoms with Crippen molar-refractivity contribution < 1.29 is 4.74 Å². The molecule has 27 heavy (non-hydrogen) atoms. The lowest BCUT2D eigenvalue weighted by Gasteiger charge is -2.37. The van der Waals surface area contributed by atoms with E-state index in [0.29, 0.717) is 6.04 Å². The van der Waals surface area contributed by atoms with Gasteiger partial charge in [-0.05, 0) is 43.0 Å². The molecule has 2 aromatic rings. The molecule has 0 amide bonds. The average Bonchev–Trinajstić information content (AvgIpc) is 2.73. The molecule has 1 atom stereocenters. The van der Waals surface area contributed by atoms with Gasteiger partial charge in [-0.3, -0.25) is 9.80 Å². The standard InChI is InChI=1S/C24H32N2O/c1-21(10-11-23-12-14-24(27-2)15-13-23)26-19-17-25(18-20-26)16-6-9-22-7-4-3-5-8-22/h3-9,12-15,21H,10-11,16-20H2,1-2H3. The summed E-state index contributed by atoms with van der Waals surface area (Å²) in [5.74, 6) is 0.934. The molecule has 1 fully saturated rings. The van der Waals surface area contributed by atoms with Crippen molar-refractivity contribution in [1.29, 1.82) is 0 Å². The number of nitrogens with zero attached hydrogens (tertiary/aromatic N) is 2. The second-order valence-corrected chi connectivity index (χ2v) is 7.39. The highest BCUT2D eigenvalue weighted by molar-refractivity contribution is 5.48. The van der Waals surface area contributed by atoms with Gasteiger partial charge in [0, 0.05) is 38.8 Å². The van der Waals surface area contributed by atoms with Crippen molar-refractivity contribution in [3.63, 3.8) is 0 Å². The van der Waals surface area contributed by atoms with Crippen molar-refractivity contribution in [1.82, 2.24) is 9.80 Å². The fourth-order valence-electron chi connectivity index (χ4n) is 3.64. The van der Waals surface area contributed by atoms with Crippen molar-refractivity contribution in [3.05, 3.63) is 71.8 Å². The molecule has 1 unspecified atom stereocenters. The summed E-state index contributed by atoms with van der Waals surface area (Å²) in [4.78, 5) is 5.19. The molecular formula is C24H32N2O. The first-order chi connectivity index (χ1) is 13.2. The highest BCUT2D eigenvalue weighted by Crippen LogP contribution is 2.16. The Labute approximate surface area is 164 Å². The number of rotatable bonds is 8. The Kier molecular flexibility index (Phi) is 7.49. The number of benzene rings is 2. The van der Waals surface area contributed by atoms with Crippen LogP contribution in [0.25, 0.3) is 6.08 Å². The molecule has 0 saturated carbocycles. The maximum atomic E-state index is 5.24. The second kappa shape index (κ2) is 10.3. The van der Waals surface area contributed by atoms with Crippen LogP contribution in [-0.2, 0) is 6.42 Å². The molecule has 3 nitrogen and oxygen atoms in total. The maximum absolute atomic E-state index is 5.24. The third-order valence-corrected chi connectivity index (χ3v) is 5.51. The lowest BCUT2D eigenvalue weighted by molar-refractivity contribution is 0.106. The van der Waals surface area contributed by atoms with Crippen LogP contribution in [0.3, 0.4) is 0 Å². The molecule has 1 heterocycles. The predicted octanol–water partition coefficient (Wildman–Crippen LogP) is 4.35. The topological polar surface area (TPSA) is 15.7 Å². The average molecular weight is 365 g/mol. The lowest BCUT2D eigenvalue weighted by atomic mass is 10.0. The van der Waals surface area contributed by atoms with Gasteiger partial charge in [-0.2, -0.15) is 0 Å². The van der Waals surface area contributed by atoms with E-state index in [2.05, 4.69) is 83.5 Å². The number of hydrogen-bond acceptors (Lipinski definition) is 3. The van der Waals surface area contributed by atoms with Crippen molar-refractivity contribution >= 4 is 6.08 Å². The van der Waals surface area contributed by atoms with Gasteiger partial charge in [-0.1, -0.05) is 54.6 Å². The Morgan fingerprint density at radius 1 is 0.963 bits per heavy atom. The quantitative estimate of drug-likeness (QED) is 0.693. The van der Waals surface area contributed by atoms with Crippen LogP contribution in [0.4, 0.5) is 0 Å². The van der Waals surface area contributed by atoms with Crippen molar-refractivity contribution in [2.24, 2.45) is 0 Å². The van der Waals surface area contributed by atoms with Gasteiger partial charge in [0.15, 0.2) is 0 Å². The zero-order valence-electron chi connectivity index (χ0n) is 16.7. The summed E-state index contributed by atoms with van der Waals surface area (Å²) >= 11 is 0. The molecule has 0 radical (unpaired) electrons. The SMILES string of the molecule is COc1ccc(CCC(C)N2CCN(CC=Cc3ccccc3)CC2)cc1. The van der Waals surface area contributed by atoms with Gasteiger partial charge in [0.2, 0.25) is 0 Å². The van der Waals surface area contributed by atoms with E-state index >= 15 is 0 Å². The summed E-state index contributed by atoms with van der Waals surface area (Å²) in [5.41, 5.74) is 2.68. The van der Waals surface area contributed by atoms with Crippen LogP contribution < -0.4 is 4.74 Å². The Morgan fingerprint density at radius 3 is 2.33 bits per heavy atom. The normalized spacial score (nSPS) is 17.3. The van der Waals surface area contributed by atoms with E-state index in [4.69, 9.17) is 4.74 Å². The number of ether oxygens (including phenoxy) is 1. The van der Waals surface area contributed by atoms with Crippen LogP contribution in [0.2, 0.25) is 0 Å². The van der Waals surface area contributed by atoms with E-state index in [-0.39, 0.29) is 0 Å². The second-order valence-electron chi connectivity index (χ2n) is 7.39. The maximum Gasteiger partial charge on any atom is 0.118 e. The van der Waals surface area contributed by atoms with Crippen molar-refractivity contribution in [3.8, 4) is 5.75 Å². The molecule has 2 aromatic carbocycles. The van der Waals surface area contributed by atoms with E-state index in [1.807, 2.05) is 0 Å². The van der Waals surface area contributed by atoms with Crippen molar-refractivity contribution in [2.75, 3.05) is 39.8 Å². The molecule has 1 aliphatic heterocycles. The zero-order chi connectivity index (χ0) is 18.9. The van der Waals surface area contributed by atoms with Gasteiger partial charge in [0.05, 0.1) is 7.11 Å². The molecular weight excluding hydrogens is 332 g/mol. The van der Waals surface area contributed by atoms with Gasteiger partial charge >= 0.3 is 0 Å². The summed E-state index contributed by atoms with van der Waals surface area (Å²) < 4.78 is 5.24. The van der Waals surface area contributed by atoms with E-state index in [9.17, 15) is 0 Å². The smallest absolute Gasteiger partial charge is 0.118 e. The predicted molar refractivity (Wildman–Crippen MR) is 114 cm³/mol. The van der Waals surface area contributed by atoms with E-state index in [0.717, 1.165) is 31.8 Å². The highest BCUT2D eigenvalue weighted by atomic mass is 16.5. The van der Waals surface area contributed by atoms with Crippen LogP contribution in [-0.4, -0.2) is 55.7 Å². The number of aryl methyl sites for hydroxylation is 1. The molecule has 0 aliphatic carbocycles. The summed E-state index contributed by atoms with van der Waals surface area (Å²) in [6, 6.07) is 19.7. The number of hydrogen-bond donors (Lipinski definition) is 0. The fraction of sp³-hybridized carbons (Fsp3) is 0.417. The van der Waals surface area contributed by atoms with E-state index in [1.54, 1.807) is 7.11 Å². The third-order valence-electron chi connectivity index (χ3n) is 5.51. The molecule has 1 saturated heterocycles. The van der Waals surface area contributed by atoms with Crippen LogP contribution in [0.5, 0.6) is 5.75 Å². The zero-order valence-corrected chi connectivity index (χ0v) is 16.7. The molecule has 1 aliphatic rings. The molecule has 0 bridgehead atoms. The minimum absolute atomic E-state index is 0.633. The van der Waals surface area contributed by atoms with Gasteiger partial charge in [0.25, 0.3) is 0 Å². The molecule has 0 N–H and O–H groups in total. The van der Waals surface area contributed by atoms with E-state index in [1.165, 1.54) is 30.6 Å². The summed E-state index contributed by atoms with van der Waals surface area (Å²) in [5, 5.41) is 0. The van der Waals surface area contributed by atoms with Gasteiger partial charge < -0.3 is 4.74 Å². The Hall–Kier alpha value is -2.10. The monoisotopic (exact) mass is 364 g/mol.